The van der Waals surface area contributed by atoms with Gasteiger partial charge < -0.3 is 10.1 Å². The summed E-state index contributed by atoms with van der Waals surface area (Å²) in [4.78, 5) is 0. The van der Waals surface area contributed by atoms with Crippen LogP contribution in [-0.2, 0) is 0 Å². The zero-order valence-corrected chi connectivity index (χ0v) is 9.65. The highest BCUT2D eigenvalue weighted by Gasteiger charge is 2.00. The van der Waals surface area contributed by atoms with Gasteiger partial charge in [0.2, 0.25) is 0 Å². The Bertz CT molecular complexity index is 448. The first-order valence-corrected chi connectivity index (χ1v) is 5.80. The standard InChI is InChI=1S/C14H17NO/c1-15-10-5-11-16-14-9-4-7-12-6-2-3-8-13(12)14/h2-4,6-9,15H,5,10-11H2,1H3/p+1. The molecule has 2 nitrogen and oxygen atoms in total. The molecule has 0 radical (unpaired) electrons. The molecule has 0 amide bonds. The minimum atomic E-state index is 0.790. The molecule has 16 heavy (non-hydrogen) atoms. The molecular weight excluding hydrogens is 198 g/mol. The molecular formula is C14H18NO+. The van der Waals surface area contributed by atoms with E-state index >= 15 is 0 Å². The lowest BCUT2D eigenvalue weighted by Gasteiger charge is -2.08. The molecule has 0 aliphatic heterocycles. The molecule has 2 N–H and O–H groups in total. The first kappa shape index (κ1) is 11.0. The maximum atomic E-state index is 5.80. The van der Waals surface area contributed by atoms with E-state index in [1.807, 2.05) is 12.1 Å². The van der Waals surface area contributed by atoms with Gasteiger partial charge >= 0.3 is 0 Å². The van der Waals surface area contributed by atoms with E-state index in [4.69, 9.17) is 4.74 Å². The van der Waals surface area contributed by atoms with E-state index in [0.717, 1.165) is 25.3 Å². The lowest BCUT2D eigenvalue weighted by atomic mass is 10.1. The number of nitrogens with two attached hydrogens (primary N) is 1. The molecule has 0 bridgehead atoms. The van der Waals surface area contributed by atoms with Crippen molar-refractivity contribution in [2.24, 2.45) is 0 Å². The summed E-state index contributed by atoms with van der Waals surface area (Å²) in [5.41, 5.74) is 0. The molecule has 0 aliphatic rings. The maximum absolute atomic E-state index is 5.80. The monoisotopic (exact) mass is 216 g/mol. The van der Waals surface area contributed by atoms with Crippen molar-refractivity contribution in [3.63, 3.8) is 0 Å². The predicted octanol–water partition coefficient (Wildman–Crippen LogP) is 1.80. The Morgan fingerprint density at radius 3 is 2.75 bits per heavy atom. The average Bonchev–Trinajstić information content (AvgIpc) is 2.35. The molecule has 0 aromatic heterocycles. The van der Waals surface area contributed by atoms with E-state index in [0.29, 0.717) is 0 Å². The summed E-state index contributed by atoms with van der Waals surface area (Å²) in [5.74, 6) is 0.995. The molecule has 0 aliphatic carbocycles. The predicted molar refractivity (Wildman–Crippen MR) is 66.8 cm³/mol. The Morgan fingerprint density at radius 2 is 1.88 bits per heavy atom. The minimum Gasteiger partial charge on any atom is -0.493 e. The van der Waals surface area contributed by atoms with Gasteiger partial charge in [0.15, 0.2) is 0 Å². The second-order valence-corrected chi connectivity index (χ2v) is 3.88. The highest BCUT2D eigenvalue weighted by molar-refractivity contribution is 5.88. The van der Waals surface area contributed by atoms with Gasteiger partial charge in [0.25, 0.3) is 0 Å². The molecule has 0 saturated carbocycles. The summed E-state index contributed by atoms with van der Waals surface area (Å²) in [7, 11) is 2.08. The van der Waals surface area contributed by atoms with Gasteiger partial charge in [-0.05, 0) is 11.5 Å². The van der Waals surface area contributed by atoms with Crippen LogP contribution in [0.3, 0.4) is 0 Å². The van der Waals surface area contributed by atoms with E-state index in [1.54, 1.807) is 0 Å². The first-order valence-electron chi connectivity index (χ1n) is 5.80. The Hall–Kier alpha value is -1.54. The topological polar surface area (TPSA) is 25.8 Å². The van der Waals surface area contributed by atoms with Crippen LogP contribution in [0.5, 0.6) is 5.75 Å². The van der Waals surface area contributed by atoms with E-state index in [1.165, 1.54) is 10.8 Å². The van der Waals surface area contributed by atoms with Crippen LogP contribution >= 0.6 is 0 Å². The summed E-state index contributed by atoms with van der Waals surface area (Å²) in [6.45, 7) is 1.91. The van der Waals surface area contributed by atoms with Crippen molar-refractivity contribution in [2.45, 2.75) is 6.42 Å². The van der Waals surface area contributed by atoms with Crippen LogP contribution in [0.2, 0.25) is 0 Å². The quantitative estimate of drug-likeness (QED) is 0.758. The normalized spacial score (nSPS) is 10.6. The van der Waals surface area contributed by atoms with Gasteiger partial charge in [-0.1, -0.05) is 36.4 Å². The van der Waals surface area contributed by atoms with Crippen LogP contribution in [0.4, 0.5) is 0 Å². The molecule has 2 heteroatoms. The molecule has 0 fully saturated rings. The number of rotatable bonds is 5. The van der Waals surface area contributed by atoms with E-state index in [-0.39, 0.29) is 0 Å². The summed E-state index contributed by atoms with van der Waals surface area (Å²) in [5, 5.41) is 4.61. The summed E-state index contributed by atoms with van der Waals surface area (Å²) < 4.78 is 5.80. The number of hydrogen-bond donors (Lipinski definition) is 1. The Morgan fingerprint density at radius 1 is 1.06 bits per heavy atom. The number of ether oxygens (including phenoxy) is 1. The van der Waals surface area contributed by atoms with Gasteiger partial charge in [0, 0.05) is 11.8 Å². The van der Waals surface area contributed by atoms with E-state index in [2.05, 4.69) is 42.7 Å². The summed E-state index contributed by atoms with van der Waals surface area (Å²) in [6, 6.07) is 14.5. The van der Waals surface area contributed by atoms with Crippen molar-refractivity contribution in [2.75, 3.05) is 20.2 Å². The number of fused-ring (bicyclic) bond motifs is 1. The number of hydrogen-bond acceptors (Lipinski definition) is 1. The zero-order chi connectivity index (χ0) is 11.2. The Balaban J connectivity index is 2.11. The zero-order valence-electron chi connectivity index (χ0n) is 9.65. The molecule has 2 rings (SSSR count). The van der Waals surface area contributed by atoms with Gasteiger partial charge in [-0.3, -0.25) is 0 Å². The molecule has 0 unspecified atom stereocenters. The fourth-order valence-electron chi connectivity index (χ4n) is 1.79. The average molecular weight is 216 g/mol. The fourth-order valence-corrected chi connectivity index (χ4v) is 1.79. The molecule has 0 saturated heterocycles. The van der Waals surface area contributed by atoms with Gasteiger partial charge in [-0.25, -0.2) is 0 Å². The molecule has 2 aromatic rings. The summed E-state index contributed by atoms with van der Waals surface area (Å²) >= 11 is 0. The Kier molecular flexibility index (Phi) is 3.78. The van der Waals surface area contributed by atoms with Crippen LogP contribution in [-0.4, -0.2) is 20.2 Å². The van der Waals surface area contributed by atoms with E-state index in [9.17, 15) is 0 Å². The number of quaternary nitrogens is 1. The molecule has 2 aromatic carbocycles. The third-order valence-corrected chi connectivity index (χ3v) is 2.64. The molecule has 0 heterocycles. The molecule has 0 atom stereocenters. The van der Waals surface area contributed by atoms with Crippen molar-refractivity contribution in [3.8, 4) is 5.75 Å². The van der Waals surface area contributed by atoms with E-state index < -0.39 is 0 Å². The largest absolute Gasteiger partial charge is 0.493 e. The van der Waals surface area contributed by atoms with Crippen molar-refractivity contribution in [1.29, 1.82) is 0 Å². The van der Waals surface area contributed by atoms with Crippen molar-refractivity contribution in [1.82, 2.24) is 0 Å². The Labute approximate surface area is 96.2 Å². The fraction of sp³-hybridized carbons (Fsp3) is 0.286. The summed E-state index contributed by atoms with van der Waals surface area (Å²) in [6.07, 6.45) is 1.08. The van der Waals surface area contributed by atoms with Crippen LogP contribution in [0.1, 0.15) is 6.42 Å². The smallest absolute Gasteiger partial charge is 0.127 e. The SMILES string of the molecule is C[NH2+]CCCOc1cccc2ccccc12. The lowest BCUT2D eigenvalue weighted by molar-refractivity contribution is -0.627. The van der Waals surface area contributed by atoms with Gasteiger partial charge in [0.05, 0.1) is 20.2 Å². The first-order chi connectivity index (χ1) is 7.92. The molecule has 84 valence electrons. The van der Waals surface area contributed by atoms with Crippen LogP contribution in [0.25, 0.3) is 10.8 Å². The number of benzene rings is 2. The van der Waals surface area contributed by atoms with Gasteiger partial charge in [-0.2, -0.15) is 0 Å². The van der Waals surface area contributed by atoms with Crippen LogP contribution in [0, 0.1) is 0 Å². The second kappa shape index (κ2) is 5.52. The second-order valence-electron chi connectivity index (χ2n) is 3.88. The van der Waals surface area contributed by atoms with Crippen molar-refractivity contribution in [3.05, 3.63) is 42.5 Å². The third kappa shape index (κ3) is 2.52. The highest BCUT2D eigenvalue weighted by Crippen LogP contribution is 2.24. The maximum Gasteiger partial charge on any atom is 0.127 e. The van der Waals surface area contributed by atoms with Crippen molar-refractivity contribution >= 4 is 10.8 Å². The van der Waals surface area contributed by atoms with Crippen LogP contribution in [0.15, 0.2) is 42.5 Å². The van der Waals surface area contributed by atoms with Gasteiger partial charge in [-0.15, -0.1) is 0 Å². The lowest BCUT2D eigenvalue weighted by Crippen LogP contribution is -2.79. The molecule has 0 spiro atoms. The van der Waals surface area contributed by atoms with Crippen molar-refractivity contribution < 1.29 is 10.1 Å². The van der Waals surface area contributed by atoms with Crippen LogP contribution < -0.4 is 10.1 Å². The van der Waals surface area contributed by atoms with Gasteiger partial charge in [0.1, 0.15) is 5.75 Å². The minimum absolute atomic E-state index is 0.790. The third-order valence-electron chi connectivity index (χ3n) is 2.64. The highest BCUT2D eigenvalue weighted by atomic mass is 16.5.